The molecule has 2 aromatic rings. The Hall–Kier alpha value is -1.68. The highest BCUT2D eigenvalue weighted by molar-refractivity contribution is 5.52. The molecule has 0 bridgehead atoms. The largest absolute Gasteiger partial charge is 0.441 e. The summed E-state index contributed by atoms with van der Waals surface area (Å²) in [4.78, 5) is 4.19. The second-order valence-corrected chi connectivity index (χ2v) is 4.37. The SMILES string of the molecule is Fc1cccc(-c2ncc(CC3CNC3)o2)c1. The molecule has 4 heteroatoms. The Morgan fingerprint density at radius 2 is 2.29 bits per heavy atom. The summed E-state index contributed by atoms with van der Waals surface area (Å²) in [6, 6.07) is 6.29. The van der Waals surface area contributed by atoms with Gasteiger partial charge in [-0.1, -0.05) is 6.07 Å². The number of aromatic nitrogens is 1. The summed E-state index contributed by atoms with van der Waals surface area (Å²) in [5.41, 5.74) is 0.683. The summed E-state index contributed by atoms with van der Waals surface area (Å²) in [5, 5.41) is 3.22. The third-order valence-corrected chi connectivity index (χ3v) is 2.98. The molecule has 0 saturated carbocycles. The first kappa shape index (κ1) is 10.5. The summed E-state index contributed by atoms with van der Waals surface area (Å²) < 4.78 is 18.7. The average molecular weight is 232 g/mol. The lowest BCUT2D eigenvalue weighted by Crippen LogP contribution is -2.42. The summed E-state index contributed by atoms with van der Waals surface area (Å²) in [5.74, 6) is 1.73. The Kier molecular flexibility index (Phi) is 2.65. The molecule has 2 heterocycles. The zero-order valence-electron chi connectivity index (χ0n) is 9.32. The molecule has 1 aromatic carbocycles. The fraction of sp³-hybridized carbons (Fsp3) is 0.308. The molecule has 1 aliphatic heterocycles. The molecule has 0 unspecified atom stereocenters. The van der Waals surface area contributed by atoms with E-state index in [0.29, 0.717) is 17.4 Å². The number of hydrogen-bond acceptors (Lipinski definition) is 3. The van der Waals surface area contributed by atoms with Gasteiger partial charge in [0, 0.05) is 12.0 Å². The molecule has 3 nitrogen and oxygen atoms in total. The van der Waals surface area contributed by atoms with Crippen LogP contribution in [0.5, 0.6) is 0 Å². The van der Waals surface area contributed by atoms with Crippen LogP contribution >= 0.6 is 0 Å². The van der Waals surface area contributed by atoms with Gasteiger partial charge in [-0.15, -0.1) is 0 Å². The second kappa shape index (κ2) is 4.30. The molecule has 0 spiro atoms. The van der Waals surface area contributed by atoms with E-state index in [4.69, 9.17) is 4.42 Å². The van der Waals surface area contributed by atoms with E-state index in [1.807, 2.05) is 0 Å². The van der Waals surface area contributed by atoms with Gasteiger partial charge >= 0.3 is 0 Å². The molecule has 1 N–H and O–H groups in total. The van der Waals surface area contributed by atoms with Gasteiger partial charge in [0.1, 0.15) is 11.6 Å². The molecule has 0 aliphatic carbocycles. The van der Waals surface area contributed by atoms with Gasteiger partial charge in [0.25, 0.3) is 0 Å². The number of oxazole rings is 1. The van der Waals surface area contributed by atoms with Gasteiger partial charge in [-0.2, -0.15) is 0 Å². The molecule has 1 fully saturated rings. The number of benzene rings is 1. The van der Waals surface area contributed by atoms with Crippen molar-refractivity contribution < 1.29 is 8.81 Å². The molecule has 1 aliphatic rings. The van der Waals surface area contributed by atoms with Crippen LogP contribution in [0.3, 0.4) is 0 Å². The van der Waals surface area contributed by atoms with Gasteiger partial charge < -0.3 is 9.73 Å². The molecule has 1 aromatic heterocycles. The van der Waals surface area contributed by atoms with Crippen LogP contribution in [0.2, 0.25) is 0 Å². The Bertz CT molecular complexity index is 520. The molecule has 0 radical (unpaired) electrons. The zero-order valence-corrected chi connectivity index (χ0v) is 9.32. The Morgan fingerprint density at radius 3 is 3.00 bits per heavy atom. The molecular formula is C13H13FN2O. The van der Waals surface area contributed by atoms with E-state index in [0.717, 1.165) is 25.3 Å². The van der Waals surface area contributed by atoms with Crippen LogP contribution < -0.4 is 5.32 Å². The van der Waals surface area contributed by atoms with Crippen LogP contribution in [0.15, 0.2) is 34.9 Å². The van der Waals surface area contributed by atoms with Crippen LogP contribution in [-0.4, -0.2) is 18.1 Å². The molecule has 0 atom stereocenters. The predicted octanol–water partition coefficient (Wildman–Crippen LogP) is 2.24. The van der Waals surface area contributed by atoms with Crippen molar-refractivity contribution in [1.82, 2.24) is 10.3 Å². The van der Waals surface area contributed by atoms with Crippen molar-refractivity contribution in [3.05, 3.63) is 42.0 Å². The highest BCUT2D eigenvalue weighted by Crippen LogP contribution is 2.22. The van der Waals surface area contributed by atoms with Crippen molar-refractivity contribution in [2.75, 3.05) is 13.1 Å². The minimum absolute atomic E-state index is 0.273. The first-order valence-electron chi connectivity index (χ1n) is 5.72. The van der Waals surface area contributed by atoms with Crippen LogP contribution in [0, 0.1) is 11.7 Å². The summed E-state index contributed by atoms with van der Waals surface area (Å²) >= 11 is 0. The quantitative estimate of drug-likeness (QED) is 0.882. The normalized spacial score (nSPS) is 15.8. The highest BCUT2D eigenvalue weighted by Gasteiger charge is 2.19. The number of nitrogens with zero attached hydrogens (tertiary/aromatic N) is 1. The number of halogens is 1. The summed E-state index contributed by atoms with van der Waals surface area (Å²) in [6.07, 6.45) is 2.63. The van der Waals surface area contributed by atoms with E-state index in [-0.39, 0.29) is 5.82 Å². The topological polar surface area (TPSA) is 38.1 Å². The Labute approximate surface area is 98.7 Å². The zero-order chi connectivity index (χ0) is 11.7. The van der Waals surface area contributed by atoms with Crippen LogP contribution in [0.1, 0.15) is 5.76 Å². The predicted molar refractivity (Wildman–Crippen MR) is 62.0 cm³/mol. The molecule has 1 saturated heterocycles. The van der Waals surface area contributed by atoms with Crippen molar-refractivity contribution >= 4 is 0 Å². The lowest BCUT2D eigenvalue weighted by Gasteiger charge is -2.25. The van der Waals surface area contributed by atoms with Gasteiger partial charge in [-0.25, -0.2) is 9.37 Å². The van der Waals surface area contributed by atoms with E-state index in [1.54, 1.807) is 18.3 Å². The first-order chi connectivity index (χ1) is 8.31. The van der Waals surface area contributed by atoms with Crippen molar-refractivity contribution in [2.24, 2.45) is 5.92 Å². The van der Waals surface area contributed by atoms with Gasteiger partial charge in [-0.05, 0) is 37.2 Å². The third-order valence-electron chi connectivity index (χ3n) is 2.98. The van der Waals surface area contributed by atoms with Crippen LogP contribution in [0.25, 0.3) is 11.5 Å². The summed E-state index contributed by atoms with van der Waals surface area (Å²) in [6.45, 7) is 2.08. The summed E-state index contributed by atoms with van der Waals surface area (Å²) in [7, 11) is 0. The van der Waals surface area contributed by atoms with Crippen LogP contribution in [-0.2, 0) is 6.42 Å². The first-order valence-corrected chi connectivity index (χ1v) is 5.72. The molecular weight excluding hydrogens is 219 g/mol. The van der Waals surface area contributed by atoms with E-state index in [9.17, 15) is 4.39 Å². The van der Waals surface area contributed by atoms with Crippen molar-refractivity contribution in [2.45, 2.75) is 6.42 Å². The standard InChI is InChI=1S/C13H13FN2O/c14-11-3-1-2-10(5-11)13-16-8-12(17-13)4-9-6-15-7-9/h1-3,5,8-9,15H,4,6-7H2. The highest BCUT2D eigenvalue weighted by atomic mass is 19.1. The third kappa shape index (κ3) is 2.22. The smallest absolute Gasteiger partial charge is 0.226 e. The maximum atomic E-state index is 13.1. The fourth-order valence-electron chi connectivity index (χ4n) is 1.93. The second-order valence-electron chi connectivity index (χ2n) is 4.37. The van der Waals surface area contributed by atoms with E-state index < -0.39 is 0 Å². The van der Waals surface area contributed by atoms with Gasteiger partial charge in [0.2, 0.25) is 5.89 Å². The van der Waals surface area contributed by atoms with Crippen molar-refractivity contribution in [1.29, 1.82) is 0 Å². The molecule has 17 heavy (non-hydrogen) atoms. The maximum absolute atomic E-state index is 13.1. The lowest BCUT2D eigenvalue weighted by atomic mass is 9.98. The van der Waals surface area contributed by atoms with E-state index >= 15 is 0 Å². The van der Waals surface area contributed by atoms with E-state index in [1.165, 1.54) is 12.1 Å². The number of hydrogen-bond donors (Lipinski definition) is 1. The maximum Gasteiger partial charge on any atom is 0.226 e. The average Bonchev–Trinajstić information content (AvgIpc) is 2.72. The van der Waals surface area contributed by atoms with Crippen molar-refractivity contribution in [3.63, 3.8) is 0 Å². The van der Waals surface area contributed by atoms with Crippen molar-refractivity contribution in [3.8, 4) is 11.5 Å². The molecule has 0 amide bonds. The Balaban J connectivity index is 1.79. The van der Waals surface area contributed by atoms with Crippen LogP contribution in [0.4, 0.5) is 4.39 Å². The van der Waals surface area contributed by atoms with Gasteiger partial charge in [0.15, 0.2) is 0 Å². The Morgan fingerprint density at radius 1 is 1.41 bits per heavy atom. The lowest BCUT2D eigenvalue weighted by molar-refractivity contribution is 0.324. The number of rotatable bonds is 3. The molecule has 88 valence electrons. The van der Waals surface area contributed by atoms with Gasteiger partial charge in [-0.3, -0.25) is 0 Å². The molecule has 3 rings (SSSR count). The monoisotopic (exact) mass is 232 g/mol. The number of nitrogens with one attached hydrogen (secondary N) is 1. The minimum atomic E-state index is -0.273. The minimum Gasteiger partial charge on any atom is -0.441 e. The fourth-order valence-corrected chi connectivity index (χ4v) is 1.93. The van der Waals surface area contributed by atoms with E-state index in [2.05, 4.69) is 10.3 Å². The van der Waals surface area contributed by atoms with Gasteiger partial charge in [0.05, 0.1) is 6.20 Å².